The number of nitrogen functional groups attached to an aromatic ring is 1. The molecule has 0 saturated carbocycles. The normalized spacial score (nSPS) is 9.83. The summed E-state index contributed by atoms with van der Waals surface area (Å²) >= 11 is 0. The lowest BCUT2D eigenvalue weighted by Gasteiger charge is -1.95. The molecule has 0 bridgehead atoms. The van der Waals surface area contributed by atoms with E-state index in [9.17, 15) is 4.79 Å². The van der Waals surface area contributed by atoms with Gasteiger partial charge < -0.3 is 10.6 Å². The SMILES string of the molecule is CCOC(=O)c1cc(C)n(N)n1. The summed E-state index contributed by atoms with van der Waals surface area (Å²) in [6, 6.07) is 1.58. The topological polar surface area (TPSA) is 70.1 Å². The molecule has 1 heterocycles. The van der Waals surface area contributed by atoms with Crippen LogP contribution < -0.4 is 5.84 Å². The Hall–Kier alpha value is -1.52. The Morgan fingerprint density at radius 2 is 2.50 bits per heavy atom. The van der Waals surface area contributed by atoms with Gasteiger partial charge in [0.25, 0.3) is 0 Å². The summed E-state index contributed by atoms with van der Waals surface area (Å²) in [5.41, 5.74) is 0.968. The summed E-state index contributed by atoms with van der Waals surface area (Å²) in [4.78, 5) is 12.2. The van der Waals surface area contributed by atoms with E-state index in [1.165, 1.54) is 0 Å². The largest absolute Gasteiger partial charge is 0.461 e. The van der Waals surface area contributed by atoms with Crippen LogP contribution in [0.1, 0.15) is 23.1 Å². The van der Waals surface area contributed by atoms with Gasteiger partial charge in [0.1, 0.15) is 0 Å². The van der Waals surface area contributed by atoms with Crippen molar-refractivity contribution in [3.05, 3.63) is 17.5 Å². The third-order valence-corrected chi connectivity index (χ3v) is 1.41. The van der Waals surface area contributed by atoms with Crippen LogP contribution in [0.4, 0.5) is 0 Å². The first-order valence-corrected chi connectivity index (χ1v) is 3.64. The molecule has 5 heteroatoms. The highest BCUT2D eigenvalue weighted by molar-refractivity contribution is 5.87. The molecule has 1 aromatic heterocycles. The molecular weight excluding hydrogens is 158 g/mol. The van der Waals surface area contributed by atoms with Crippen LogP contribution in [0, 0.1) is 6.92 Å². The number of nitrogens with zero attached hydrogens (tertiary/aromatic N) is 2. The fourth-order valence-corrected chi connectivity index (χ4v) is 0.793. The van der Waals surface area contributed by atoms with Crippen molar-refractivity contribution >= 4 is 5.97 Å². The molecule has 2 N–H and O–H groups in total. The molecule has 0 aliphatic rings. The standard InChI is InChI=1S/C7H11N3O2/c1-3-12-7(11)6-4-5(2)10(8)9-6/h4H,3,8H2,1-2H3. The van der Waals surface area contributed by atoms with Gasteiger partial charge in [-0.25, -0.2) is 4.79 Å². The number of aryl methyl sites for hydroxylation is 1. The summed E-state index contributed by atoms with van der Waals surface area (Å²) in [5, 5.41) is 3.75. The second-order valence-electron chi connectivity index (χ2n) is 2.34. The molecule has 0 fully saturated rings. The summed E-state index contributed by atoms with van der Waals surface area (Å²) in [7, 11) is 0. The molecule has 0 atom stereocenters. The summed E-state index contributed by atoms with van der Waals surface area (Å²) in [5.74, 6) is 4.93. The predicted molar refractivity (Wildman–Crippen MR) is 43.1 cm³/mol. The first-order valence-electron chi connectivity index (χ1n) is 3.64. The Morgan fingerprint density at radius 1 is 1.83 bits per heavy atom. The van der Waals surface area contributed by atoms with Gasteiger partial charge in [-0.3, -0.25) is 0 Å². The van der Waals surface area contributed by atoms with Crippen molar-refractivity contribution in [3.63, 3.8) is 0 Å². The fraction of sp³-hybridized carbons (Fsp3) is 0.429. The highest BCUT2D eigenvalue weighted by atomic mass is 16.5. The van der Waals surface area contributed by atoms with Crippen LogP contribution in [0.15, 0.2) is 6.07 Å². The lowest BCUT2D eigenvalue weighted by molar-refractivity contribution is 0.0519. The number of hydrogen-bond donors (Lipinski definition) is 1. The monoisotopic (exact) mass is 169 g/mol. The smallest absolute Gasteiger partial charge is 0.358 e. The molecule has 0 aromatic carbocycles. The molecule has 0 amide bonds. The van der Waals surface area contributed by atoms with Crippen LogP contribution >= 0.6 is 0 Å². The van der Waals surface area contributed by atoms with Gasteiger partial charge in [0.15, 0.2) is 5.69 Å². The van der Waals surface area contributed by atoms with Crippen molar-refractivity contribution in [1.29, 1.82) is 0 Å². The lowest BCUT2D eigenvalue weighted by Crippen LogP contribution is -2.13. The van der Waals surface area contributed by atoms with Crippen molar-refractivity contribution in [2.24, 2.45) is 0 Å². The van der Waals surface area contributed by atoms with Gasteiger partial charge in [-0.15, -0.1) is 5.10 Å². The molecule has 5 nitrogen and oxygen atoms in total. The predicted octanol–water partition coefficient (Wildman–Crippen LogP) is 0.0820. The van der Waals surface area contributed by atoms with E-state index in [4.69, 9.17) is 10.6 Å². The molecule has 0 aliphatic heterocycles. The molecule has 1 aromatic rings. The average Bonchev–Trinajstić information content (AvgIpc) is 2.33. The van der Waals surface area contributed by atoms with Crippen LogP contribution in [0.2, 0.25) is 0 Å². The Bertz CT molecular complexity index is 273. The van der Waals surface area contributed by atoms with Crippen LogP contribution in [0.25, 0.3) is 0 Å². The summed E-state index contributed by atoms with van der Waals surface area (Å²) in [6.45, 7) is 3.84. The number of aromatic nitrogens is 2. The van der Waals surface area contributed by atoms with Gasteiger partial charge in [0.05, 0.1) is 12.3 Å². The maximum absolute atomic E-state index is 11.1. The van der Waals surface area contributed by atoms with E-state index in [0.717, 1.165) is 10.5 Å². The van der Waals surface area contributed by atoms with Gasteiger partial charge in [0.2, 0.25) is 0 Å². The Balaban J connectivity index is 2.82. The Labute approximate surface area is 70.1 Å². The molecular formula is C7H11N3O2. The number of hydrogen-bond acceptors (Lipinski definition) is 4. The minimum Gasteiger partial charge on any atom is -0.461 e. The minimum absolute atomic E-state index is 0.247. The van der Waals surface area contributed by atoms with E-state index >= 15 is 0 Å². The van der Waals surface area contributed by atoms with Gasteiger partial charge in [-0.2, -0.15) is 4.79 Å². The quantitative estimate of drug-likeness (QED) is 0.503. The molecule has 1 rings (SSSR count). The minimum atomic E-state index is -0.440. The number of carbonyl (C=O) groups is 1. The van der Waals surface area contributed by atoms with Crippen molar-refractivity contribution in [1.82, 2.24) is 9.89 Å². The molecule has 66 valence electrons. The number of esters is 1. The van der Waals surface area contributed by atoms with Crippen molar-refractivity contribution < 1.29 is 9.53 Å². The maximum atomic E-state index is 11.1. The van der Waals surface area contributed by atoms with E-state index < -0.39 is 5.97 Å². The highest BCUT2D eigenvalue weighted by Crippen LogP contribution is 2.01. The molecule has 0 saturated heterocycles. The van der Waals surface area contributed by atoms with E-state index in [2.05, 4.69) is 5.10 Å². The van der Waals surface area contributed by atoms with Crippen LogP contribution in [0.5, 0.6) is 0 Å². The van der Waals surface area contributed by atoms with E-state index in [1.807, 2.05) is 0 Å². The van der Waals surface area contributed by atoms with Gasteiger partial charge in [-0.1, -0.05) is 0 Å². The van der Waals surface area contributed by atoms with Crippen LogP contribution in [0.3, 0.4) is 0 Å². The second kappa shape index (κ2) is 3.25. The number of nitrogens with two attached hydrogens (primary N) is 1. The van der Waals surface area contributed by atoms with E-state index in [0.29, 0.717) is 6.61 Å². The highest BCUT2D eigenvalue weighted by Gasteiger charge is 2.11. The second-order valence-corrected chi connectivity index (χ2v) is 2.34. The first kappa shape index (κ1) is 8.58. The number of rotatable bonds is 2. The average molecular weight is 169 g/mol. The fourth-order valence-electron chi connectivity index (χ4n) is 0.793. The zero-order valence-electron chi connectivity index (χ0n) is 7.07. The van der Waals surface area contributed by atoms with Gasteiger partial charge in [0, 0.05) is 0 Å². The first-order chi connectivity index (χ1) is 5.65. The van der Waals surface area contributed by atoms with Gasteiger partial charge >= 0.3 is 5.97 Å². The Morgan fingerprint density at radius 3 is 2.92 bits per heavy atom. The molecule has 0 radical (unpaired) electrons. The van der Waals surface area contributed by atoms with Crippen LogP contribution in [-0.2, 0) is 4.74 Å². The van der Waals surface area contributed by atoms with Crippen molar-refractivity contribution in [3.8, 4) is 0 Å². The van der Waals surface area contributed by atoms with Crippen LogP contribution in [-0.4, -0.2) is 22.5 Å². The molecule has 0 spiro atoms. The van der Waals surface area contributed by atoms with Gasteiger partial charge in [-0.05, 0) is 19.9 Å². The zero-order valence-corrected chi connectivity index (χ0v) is 7.07. The summed E-state index contributed by atoms with van der Waals surface area (Å²) in [6.07, 6.45) is 0. The third-order valence-electron chi connectivity index (χ3n) is 1.41. The molecule has 12 heavy (non-hydrogen) atoms. The Kier molecular flexibility index (Phi) is 2.32. The molecule has 0 unspecified atom stereocenters. The molecule has 0 aliphatic carbocycles. The number of ether oxygens (including phenoxy) is 1. The van der Waals surface area contributed by atoms with E-state index in [-0.39, 0.29) is 5.69 Å². The maximum Gasteiger partial charge on any atom is 0.358 e. The third kappa shape index (κ3) is 1.55. The van der Waals surface area contributed by atoms with Crippen molar-refractivity contribution in [2.75, 3.05) is 12.4 Å². The summed E-state index contributed by atoms with van der Waals surface area (Å²) < 4.78 is 4.73. The van der Waals surface area contributed by atoms with Crippen molar-refractivity contribution in [2.45, 2.75) is 13.8 Å². The number of carbonyl (C=O) groups excluding carboxylic acids is 1. The van der Waals surface area contributed by atoms with E-state index in [1.54, 1.807) is 19.9 Å². The zero-order chi connectivity index (χ0) is 9.14. The lowest BCUT2D eigenvalue weighted by atomic mass is 10.4.